The fourth-order valence-electron chi connectivity index (χ4n) is 5.97. The number of hydrogen-bond acceptors (Lipinski definition) is 6. The lowest BCUT2D eigenvalue weighted by molar-refractivity contribution is -0.268. The van der Waals surface area contributed by atoms with E-state index in [2.05, 4.69) is 35.8 Å². The highest BCUT2D eigenvalue weighted by atomic mass is 32.2. The summed E-state index contributed by atoms with van der Waals surface area (Å²) in [4.78, 5) is 25.2. The van der Waals surface area contributed by atoms with Gasteiger partial charge in [-0.25, -0.2) is 0 Å². The van der Waals surface area contributed by atoms with Gasteiger partial charge in [0.2, 0.25) is 5.91 Å². The Kier molecular flexibility index (Phi) is 11.2. The van der Waals surface area contributed by atoms with E-state index in [0.29, 0.717) is 17.9 Å². The van der Waals surface area contributed by atoms with Crippen molar-refractivity contribution in [3.8, 4) is 11.1 Å². The molecule has 0 unspecified atom stereocenters. The van der Waals surface area contributed by atoms with Crippen molar-refractivity contribution in [3.63, 3.8) is 0 Å². The molecule has 1 saturated heterocycles. The monoisotopic (exact) mass is 672 g/mol. The Bertz CT molecular complexity index is 1850. The minimum atomic E-state index is -0.582. The number of benzene rings is 5. The van der Waals surface area contributed by atoms with Gasteiger partial charge in [0.25, 0.3) is 5.91 Å². The van der Waals surface area contributed by atoms with Crippen LogP contribution in [0.4, 0.5) is 5.69 Å². The molecule has 0 saturated carbocycles. The van der Waals surface area contributed by atoms with Gasteiger partial charge in [-0.15, -0.1) is 11.8 Å². The third-order valence-corrected chi connectivity index (χ3v) is 9.80. The van der Waals surface area contributed by atoms with Crippen LogP contribution < -0.4 is 10.6 Å². The van der Waals surface area contributed by atoms with Gasteiger partial charge in [-0.05, 0) is 64.2 Å². The van der Waals surface area contributed by atoms with Crippen LogP contribution in [0.3, 0.4) is 0 Å². The molecule has 6 rings (SSSR count). The summed E-state index contributed by atoms with van der Waals surface area (Å²) in [6, 6.07) is 41.3. The van der Waals surface area contributed by atoms with Gasteiger partial charge < -0.3 is 25.2 Å². The summed E-state index contributed by atoms with van der Waals surface area (Å²) in [5.74, 6) is 0.561. The van der Waals surface area contributed by atoms with E-state index in [1.807, 2.05) is 97.1 Å². The molecule has 1 aliphatic heterocycles. The average molecular weight is 673 g/mol. The van der Waals surface area contributed by atoms with Gasteiger partial charge in [0.05, 0.1) is 18.8 Å². The first-order valence-electron chi connectivity index (χ1n) is 16.4. The summed E-state index contributed by atoms with van der Waals surface area (Å²) >= 11 is 1.71. The molecule has 0 aliphatic carbocycles. The predicted octanol–water partition coefficient (Wildman–Crippen LogP) is 8.32. The maximum Gasteiger partial charge on any atom is 0.251 e. The maximum absolute atomic E-state index is 12.7. The summed E-state index contributed by atoms with van der Waals surface area (Å²) in [5.41, 5.74) is 7.29. The van der Waals surface area contributed by atoms with Crippen molar-refractivity contribution in [1.29, 1.82) is 0 Å². The first-order valence-corrected chi connectivity index (χ1v) is 17.4. The van der Waals surface area contributed by atoms with Crippen LogP contribution in [0.15, 0.2) is 132 Å². The lowest BCUT2D eigenvalue weighted by Gasteiger charge is -2.41. The molecule has 1 aliphatic rings. The summed E-state index contributed by atoms with van der Waals surface area (Å²) in [6.45, 7) is 4.05. The Morgan fingerprint density at radius 1 is 0.776 bits per heavy atom. The number of amides is 2. The Morgan fingerprint density at radius 3 is 2.14 bits per heavy atom. The van der Waals surface area contributed by atoms with E-state index >= 15 is 0 Å². The maximum atomic E-state index is 12.7. The molecule has 1 heterocycles. The summed E-state index contributed by atoms with van der Waals surface area (Å²) in [6.07, 6.45) is -0.913. The van der Waals surface area contributed by atoms with Crippen molar-refractivity contribution in [3.05, 3.63) is 155 Å². The van der Waals surface area contributed by atoms with Crippen LogP contribution in [0, 0.1) is 5.92 Å². The quantitative estimate of drug-likeness (QED) is 0.122. The van der Waals surface area contributed by atoms with Crippen LogP contribution in [-0.4, -0.2) is 28.8 Å². The summed E-state index contributed by atoms with van der Waals surface area (Å²) < 4.78 is 13.3. The van der Waals surface area contributed by atoms with Crippen LogP contribution in [0.25, 0.3) is 11.1 Å². The molecule has 49 heavy (non-hydrogen) atoms. The number of hydrogen-bond donors (Lipinski definition) is 3. The minimum absolute atomic E-state index is 0.0119. The molecule has 0 aromatic heterocycles. The second kappa shape index (κ2) is 16.1. The van der Waals surface area contributed by atoms with Gasteiger partial charge in [0.1, 0.15) is 0 Å². The lowest BCUT2D eigenvalue weighted by atomic mass is 9.91. The number of aliphatic hydroxyl groups excluding tert-OH is 1. The standard InChI is InChI=1S/C41H40N2O5S/c1-27-38(26-49-36-22-20-35(21-23-36)43-28(2)45)47-41(48-39(27)31-14-12-29(25-44)13-15-31)33-18-16-30(17-19-33)37-11-7-6-10-34(37)24-42-40(46)32-8-4-3-5-9-32/h3-23,27,38-39,41,44H,24-26H2,1-2H3,(H,42,46)(H,43,45)/t27-,38+,39+,41+/m1/s1. The molecular weight excluding hydrogens is 633 g/mol. The molecule has 7 nitrogen and oxygen atoms in total. The minimum Gasteiger partial charge on any atom is -0.392 e. The normalized spacial score (nSPS) is 18.8. The van der Waals surface area contributed by atoms with Crippen LogP contribution in [0.2, 0.25) is 0 Å². The lowest BCUT2D eigenvalue weighted by Crippen LogP contribution is -2.38. The zero-order chi connectivity index (χ0) is 34.2. The third-order valence-electron chi connectivity index (χ3n) is 8.70. The smallest absolute Gasteiger partial charge is 0.251 e. The van der Waals surface area contributed by atoms with Crippen molar-refractivity contribution in [2.24, 2.45) is 5.92 Å². The zero-order valence-electron chi connectivity index (χ0n) is 27.5. The van der Waals surface area contributed by atoms with Gasteiger partial charge in [-0.2, -0.15) is 0 Å². The van der Waals surface area contributed by atoms with Gasteiger partial charge in [0, 0.05) is 46.8 Å². The van der Waals surface area contributed by atoms with Crippen LogP contribution >= 0.6 is 11.8 Å². The van der Waals surface area contributed by atoms with Gasteiger partial charge in [-0.3, -0.25) is 9.59 Å². The Morgan fingerprint density at radius 2 is 1.45 bits per heavy atom. The number of aliphatic hydroxyl groups is 1. The fraction of sp³-hybridized carbons (Fsp3) is 0.220. The molecule has 0 radical (unpaired) electrons. The first-order chi connectivity index (χ1) is 23.9. The third kappa shape index (κ3) is 8.66. The number of carbonyl (C=O) groups is 2. The topological polar surface area (TPSA) is 96.9 Å². The SMILES string of the molecule is CC(=O)Nc1ccc(SC[C@@H]2O[C@H](c3ccc(-c4ccccc4CNC(=O)c4ccccc4)cc3)O[C@H](c3ccc(CO)cc3)[C@@H]2C)cc1. The first kappa shape index (κ1) is 34.1. The zero-order valence-corrected chi connectivity index (χ0v) is 28.4. The molecule has 3 N–H and O–H groups in total. The van der Waals surface area contributed by atoms with E-state index in [1.165, 1.54) is 6.92 Å². The van der Waals surface area contributed by atoms with Crippen molar-refractivity contribution < 1.29 is 24.2 Å². The number of nitrogens with one attached hydrogen (secondary N) is 2. The number of anilines is 1. The van der Waals surface area contributed by atoms with Gasteiger partial charge >= 0.3 is 0 Å². The number of thioether (sulfide) groups is 1. The molecule has 250 valence electrons. The van der Waals surface area contributed by atoms with E-state index in [4.69, 9.17) is 9.47 Å². The number of ether oxygens (including phenoxy) is 2. The number of carbonyl (C=O) groups excluding carboxylic acids is 2. The molecule has 0 spiro atoms. The molecule has 1 fully saturated rings. The number of rotatable bonds is 11. The second-order valence-corrected chi connectivity index (χ2v) is 13.3. The van der Waals surface area contributed by atoms with E-state index in [-0.39, 0.29) is 36.5 Å². The van der Waals surface area contributed by atoms with Crippen molar-refractivity contribution in [2.75, 3.05) is 11.1 Å². The van der Waals surface area contributed by atoms with Crippen LogP contribution in [-0.2, 0) is 27.4 Å². The largest absolute Gasteiger partial charge is 0.392 e. The Balaban J connectivity index is 1.19. The van der Waals surface area contributed by atoms with Crippen LogP contribution in [0.1, 0.15) is 58.9 Å². The second-order valence-electron chi connectivity index (χ2n) is 12.2. The van der Waals surface area contributed by atoms with Gasteiger partial charge in [0.15, 0.2) is 6.29 Å². The molecule has 2 amide bonds. The van der Waals surface area contributed by atoms with E-state index in [9.17, 15) is 14.7 Å². The average Bonchev–Trinajstić information content (AvgIpc) is 3.14. The highest BCUT2D eigenvalue weighted by molar-refractivity contribution is 7.99. The summed E-state index contributed by atoms with van der Waals surface area (Å²) in [5, 5.41) is 15.5. The molecule has 8 heteroatoms. The van der Waals surface area contributed by atoms with Crippen molar-refractivity contribution in [2.45, 2.75) is 50.4 Å². The molecule has 5 aromatic carbocycles. The highest BCUT2D eigenvalue weighted by Gasteiger charge is 2.38. The molecule has 5 aromatic rings. The fourth-order valence-corrected chi connectivity index (χ4v) is 7.04. The Labute approximate surface area is 291 Å². The van der Waals surface area contributed by atoms with Crippen LogP contribution in [0.5, 0.6) is 0 Å². The predicted molar refractivity (Wildman–Crippen MR) is 194 cm³/mol. The van der Waals surface area contributed by atoms with E-state index < -0.39 is 6.29 Å². The molecule has 0 bridgehead atoms. The van der Waals surface area contributed by atoms with E-state index in [1.54, 1.807) is 23.9 Å². The van der Waals surface area contributed by atoms with Crippen molar-refractivity contribution >= 4 is 29.3 Å². The van der Waals surface area contributed by atoms with Gasteiger partial charge in [-0.1, -0.05) is 97.9 Å². The van der Waals surface area contributed by atoms with Crippen molar-refractivity contribution in [1.82, 2.24) is 5.32 Å². The molecular formula is C41H40N2O5S. The van der Waals surface area contributed by atoms with E-state index in [0.717, 1.165) is 44.0 Å². The molecule has 4 atom stereocenters. The highest BCUT2D eigenvalue weighted by Crippen LogP contribution is 2.43. The Hall–Kier alpha value is -4.73. The summed E-state index contributed by atoms with van der Waals surface area (Å²) in [7, 11) is 0.